The lowest BCUT2D eigenvalue weighted by Gasteiger charge is -2.05. The maximum atomic E-state index is 5.77. The molecule has 0 unspecified atom stereocenters. The SMILES string of the molecule is Clc1ccc(CNn2cnnc2)cc1. The summed E-state index contributed by atoms with van der Waals surface area (Å²) in [5.41, 5.74) is 4.26. The van der Waals surface area contributed by atoms with Gasteiger partial charge >= 0.3 is 0 Å². The van der Waals surface area contributed by atoms with Gasteiger partial charge in [0.1, 0.15) is 12.7 Å². The molecule has 0 spiro atoms. The van der Waals surface area contributed by atoms with Crippen LogP contribution in [0.15, 0.2) is 36.9 Å². The Balaban J connectivity index is 1.95. The molecule has 1 N–H and O–H groups in total. The van der Waals surface area contributed by atoms with E-state index in [1.165, 1.54) is 0 Å². The standard InChI is InChI=1S/C9H9ClN4/c10-9-3-1-8(2-4-9)5-13-14-6-11-12-7-14/h1-4,6-7,13H,5H2. The van der Waals surface area contributed by atoms with Gasteiger partial charge in [0, 0.05) is 5.02 Å². The first kappa shape index (κ1) is 9.02. The molecule has 0 amide bonds. The number of nitrogens with zero attached hydrogens (tertiary/aromatic N) is 3. The largest absolute Gasteiger partial charge is 0.319 e. The zero-order chi connectivity index (χ0) is 9.80. The summed E-state index contributed by atoms with van der Waals surface area (Å²) in [6.45, 7) is 0.717. The van der Waals surface area contributed by atoms with E-state index in [9.17, 15) is 0 Å². The van der Waals surface area contributed by atoms with E-state index in [0.717, 1.165) is 17.1 Å². The number of nitrogens with one attached hydrogen (secondary N) is 1. The molecule has 0 aliphatic heterocycles. The van der Waals surface area contributed by atoms with Crippen molar-refractivity contribution < 1.29 is 0 Å². The molecule has 0 atom stereocenters. The van der Waals surface area contributed by atoms with Gasteiger partial charge < -0.3 is 5.43 Å². The van der Waals surface area contributed by atoms with Crippen molar-refractivity contribution in [3.8, 4) is 0 Å². The first-order valence-corrected chi connectivity index (χ1v) is 4.55. The Bertz CT molecular complexity index is 382. The molecule has 0 saturated carbocycles. The summed E-state index contributed by atoms with van der Waals surface area (Å²) >= 11 is 5.77. The molecule has 0 aliphatic rings. The molecule has 14 heavy (non-hydrogen) atoms. The molecule has 2 aromatic rings. The van der Waals surface area contributed by atoms with E-state index in [1.807, 2.05) is 24.3 Å². The fourth-order valence-corrected chi connectivity index (χ4v) is 1.19. The van der Waals surface area contributed by atoms with Crippen LogP contribution in [0.1, 0.15) is 5.56 Å². The van der Waals surface area contributed by atoms with Crippen LogP contribution in [0.3, 0.4) is 0 Å². The molecule has 1 aromatic heterocycles. The highest BCUT2D eigenvalue weighted by Crippen LogP contribution is 2.09. The Labute approximate surface area is 86.5 Å². The first-order valence-electron chi connectivity index (χ1n) is 4.17. The van der Waals surface area contributed by atoms with E-state index < -0.39 is 0 Å². The van der Waals surface area contributed by atoms with Crippen molar-refractivity contribution in [2.75, 3.05) is 5.43 Å². The number of benzene rings is 1. The molecular formula is C9H9ClN4. The summed E-state index contributed by atoms with van der Waals surface area (Å²) in [6, 6.07) is 7.68. The highest BCUT2D eigenvalue weighted by molar-refractivity contribution is 6.30. The summed E-state index contributed by atoms with van der Waals surface area (Å²) in [7, 11) is 0. The highest BCUT2D eigenvalue weighted by atomic mass is 35.5. The summed E-state index contributed by atoms with van der Waals surface area (Å²) in [5, 5.41) is 8.10. The van der Waals surface area contributed by atoms with Gasteiger partial charge in [0.2, 0.25) is 0 Å². The average Bonchev–Trinajstić information content (AvgIpc) is 2.70. The Hall–Kier alpha value is -1.55. The van der Waals surface area contributed by atoms with E-state index in [4.69, 9.17) is 11.6 Å². The van der Waals surface area contributed by atoms with Gasteiger partial charge in [0.05, 0.1) is 6.54 Å². The third-order valence-corrected chi connectivity index (χ3v) is 2.05. The van der Waals surface area contributed by atoms with Gasteiger partial charge in [-0.1, -0.05) is 23.7 Å². The van der Waals surface area contributed by atoms with Gasteiger partial charge in [-0.25, -0.2) is 4.68 Å². The lowest BCUT2D eigenvalue weighted by atomic mass is 10.2. The highest BCUT2D eigenvalue weighted by Gasteiger charge is 1.92. The van der Waals surface area contributed by atoms with E-state index in [1.54, 1.807) is 17.3 Å². The summed E-state index contributed by atoms with van der Waals surface area (Å²) in [6.07, 6.45) is 3.21. The molecule has 0 radical (unpaired) electrons. The molecule has 1 heterocycles. The van der Waals surface area contributed by atoms with Crippen LogP contribution in [-0.4, -0.2) is 14.9 Å². The minimum atomic E-state index is 0.717. The van der Waals surface area contributed by atoms with Gasteiger partial charge in [-0.15, -0.1) is 10.2 Å². The monoisotopic (exact) mass is 208 g/mol. The maximum Gasteiger partial charge on any atom is 0.138 e. The van der Waals surface area contributed by atoms with E-state index in [0.29, 0.717) is 0 Å². The Morgan fingerprint density at radius 1 is 1.14 bits per heavy atom. The topological polar surface area (TPSA) is 42.7 Å². The van der Waals surface area contributed by atoms with Crippen LogP contribution in [0.2, 0.25) is 5.02 Å². The van der Waals surface area contributed by atoms with Crippen LogP contribution in [0.5, 0.6) is 0 Å². The van der Waals surface area contributed by atoms with Crippen LogP contribution in [0.4, 0.5) is 0 Å². The maximum absolute atomic E-state index is 5.77. The van der Waals surface area contributed by atoms with Crippen molar-refractivity contribution in [2.45, 2.75) is 6.54 Å². The molecule has 0 fully saturated rings. The van der Waals surface area contributed by atoms with Crippen LogP contribution >= 0.6 is 11.6 Å². The quantitative estimate of drug-likeness (QED) is 0.835. The van der Waals surface area contributed by atoms with E-state index >= 15 is 0 Å². The minimum absolute atomic E-state index is 0.717. The zero-order valence-corrected chi connectivity index (χ0v) is 8.15. The zero-order valence-electron chi connectivity index (χ0n) is 7.39. The molecule has 0 bridgehead atoms. The number of hydrogen-bond acceptors (Lipinski definition) is 3. The van der Waals surface area contributed by atoms with Crippen LogP contribution in [0.25, 0.3) is 0 Å². The predicted octanol–water partition coefficient (Wildman–Crippen LogP) is 1.68. The molecule has 4 nitrogen and oxygen atoms in total. The van der Waals surface area contributed by atoms with Crippen molar-refractivity contribution >= 4 is 11.6 Å². The first-order chi connectivity index (χ1) is 6.84. The molecular weight excluding hydrogens is 200 g/mol. The second kappa shape index (κ2) is 4.11. The third kappa shape index (κ3) is 2.23. The summed E-state index contributed by atoms with van der Waals surface area (Å²) in [5.74, 6) is 0. The van der Waals surface area contributed by atoms with Crippen LogP contribution in [0, 0.1) is 0 Å². The molecule has 1 aromatic carbocycles. The second-order valence-electron chi connectivity index (χ2n) is 2.83. The number of hydrogen-bond donors (Lipinski definition) is 1. The van der Waals surface area contributed by atoms with Gasteiger partial charge in [0.25, 0.3) is 0 Å². The van der Waals surface area contributed by atoms with E-state index in [-0.39, 0.29) is 0 Å². The molecule has 5 heteroatoms. The van der Waals surface area contributed by atoms with Crippen molar-refractivity contribution in [3.63, 3.8) is 0 Å². The normalized spacial score (nSPS) is 10.1. The molecule has 0 aliphatic carbocycles. The van der Waals surface area contributed by atoms with Crippen molar-refractivity contribution in [2.24, 2.45) is 0 Å². The number of aromatic nitrogens is 3. The predicted molar refractivity (Wildman–Crippen MR) is 54.5 cm³/mol. The smallest absolute Gasteiger partial charge is 0.138 e. The average molecular weight is 209 g/mol. The lowest BCUT2D eigenvalue weighted by molar-refractivity contribution is 0.836. The van der Waals surface area contributed by atoms with E-state index in [2.05, 4.69) is 15.6 Å². The summed E-state index contributed by atoms with van der Waals surface area (Å²) < 4.78 is 1.70. The third-order valence-electron chi connectivity index (χ3n) is 1.80. The van der Waals surface area contributed by atoms with Crippen LogP contribution in [-0.2, 0) is 6.54 Å². The van der Waals surface area contributed by atoms with Gasteiger partial charge in [-0.2, -0.15) is 0 Å². The summed E-state index contributed by atoms with van der Waals surface area (Å²) in [4.78, 5) is 0. The second-order valence-corrected chi connectivity index (χ2v) is 3.27. The number of halogens is 1. The van der Waals surface area contributed by atoms with Crippen molar-refractivity contribution in [1.29, 1.82) is 0 Å². The van der Waals surface area contributed by atoms with Crippen LogP contribution < -0.4 is 5.43 Å². The molecule has 2 rings (SSSR count). The van der Waals surface area contributed by atoms with Gasteiger partial charge in [-0.3, -0.25) is 0 Å². The molecule has 0 saturated heterocycles. The van der Waals surface area contributed by atoms with Crippen molar-refractivity contribution in [1.82, 2.24) is 14.9 Å². The fraction of sp³-hybridized carbons (Fsp3) is 0.111. The van der Waals surface area contributed by atoms with Gasteiger partial charge in [-0.05, 0) is 17.7 Å². The fourth-order valence-electron chi connectivity index (χ4n) is 1.07. The minimum Gasteiger partial charge on any atom is -0.319 e. The Morgan fingerprint density at radius 2 is 1.79 bits per heavy atom. The lowest BCUT2D eigenvalue weighted by Crippen LogP contribution is -2.11. The van der Waals surface area contributed by atoms with Gasteiger partial charge in [0.15, 0.2) is 0 Å². The molecule has 72 valence electrons. The number of rotatable bonds is 3. The Morgan fingerprint density at radius 3 is 2.43 bits per heavy atom. The Kier molecular flexibility index (Phi) is 2.65. The van der Waals surface area contributed by atoms with Crippen molar-refractivity contribution in [3.05, 3.63) is 47.5 Å².